The van der Waals surface area contributed by atoms with E-state index in [1.165, 1.54) is 25.9 Å². The molecule has 1 aliphatic heterocycles. The van der Waals surface area contributed by atoms with E-state index >= 15 is 0 Å². The number of aromatic amines is 1. The number of likely N-dealkylation sites (tertiary alicyclic amines) is 1. The minimum absolute atomic E-state index is 0.802. The summed E-state index contributed by atoms with van der Waals surface area (Å²) < 4.78 is 7.69. The second-order valence-corrected chi connectivity index (χ2v) is 4.01. The average molecular weight is 210 g/mol. The van der Waals surface area contributed by atoms with Crippen LogP contribution in [-0.4, -0.2) is 42.7 Å². The Bertz CT molecular complexity index is 255. The lowest BCUT2D eigenvalue weighted by molar-refractivity contribution is -0.697. The molecule has 0 aromatic carbocycles. The van der Waals surface area contributed by atoms with Crippen molar-refractivity contribution in [3.05, 3.63) is 18.7 Å². The van der Waals surface area contributed by atoms with Gasteiger partial charge in [-0.25, -0.2) is 4.57 Å². The maximum Gasteiger partial charge on any atom is 0.241 e. The van der Waals surface area contributed by atoms with E-state index < -0.39 is 0 Å². The minimum Gasteiger partial charge on any atom is -0.376 e. The van der Waals surface area contributed by atoms with Gasteiger partial charge in [-0.05, 0) is 25.9 Å². The molecule has 15 heavy (non-hydrogen) atoms. The topological polar surface area (TPSA) is 32.1 Å². The van der Waals surface area contributed by atoms with E-state index in [4.69, 9.17) is 4.74 Å². The number of hydrogen-bond acceptors (Lipinski definition) is 2. The van der Waals surface area contributed by atoms with Gasteiger partial charge in [-0.15, -0.1) is 0 Å². The largest absolute Gasteiger partial charge is 0.376 e. The van der Waals surface area contributed by atoms with Crippen LogP contribution in [0.3, 0.4) is 0 Å². The van der Waals surface area contributed by atoms with Crippen molar-refractivity contribution < 1.29 is 9.30 Å². The maximum absolute atomic E-state index is 5.59. The number of hydrogen-bond donors (Lipinski definition) is 1. The molecule has 0 radical (unpaired) electrons. The van der Waals surface area contributed by atoms with Gasteiger partial charge in [0, 0.05) is 6.54 Å². The molecule has 4 heteroatoms. The highest BCUT2D eigenvalue weighted by Gasteiger charge is 2.10. The van der Waals surface area contributed by atoms with E-state index in [2.05, 4.69) is 14.5 Å². The van der Waals surface area contributed by atoms with Crippen molar-refractivity contribution in [2.75, 3.05) is 32.8 Å². The van der Waals surface area contributed by atoms with Crippen LogP contribution in [0, 0.1) is 0 Å². The molecular weight excluding hydrogens is 190 g/mol. The Labute approximate surface area is 90.9 Å². The van der Waals surface area contributed by atoms with E-state index in [0.29, 0.717) is 0 Å². The summed E-state index contributed by atoms with van der Waals surface area (Å²) >= 11 is 0. The number of imidazole rings is 1. The molecule has 1 aromatic heterocycles. The van der Waals surface area contributed by atoms with Crippen LogP contribution >= 0.6 is 0 Å². The summed E-state index contributed by atoms with van der Waals surface area (Å²) in [6.07, 6.45) is 8.61. The molecule has 1 aliphatic rings. The maximum atomic E-state index is 5.59. The first-order valence-electron chi connectivity index (χ1n) is 5.77. The van der Waals surface area contributed by atoms with Gasteiger partial charge in [0.25, 0.3) is 0 Å². The minimum atomic E-state index is 0.802. The van der Waals surface area contributed by atoms with E-state index in [1.54, 1.807) is 0 Å². The number of aromatic nitrogens is 2. The van der Waals surface area contributed by atoms with E-state index in [0.717, 1.165) is 26.3 Å². The second-order valence-electron chi connectivity index (χ2n) is 4.01. The normalized spacial score (nSPS) is 17.3. The Morgan fingerprint density at radius 1 is 1.27 bits per heavy atom. The van der Waals surface area contributed by atoms with Crippen molar-refractivity contribution >= 4 is 0 Å². The molecule has 0 amide bonds. The summed E-state index contributed by atoms with van der Waals surface area (Å²) in [6.45, 7) is 6.22. The van der Waals surface area contributed by atoms with Gasteiger partial charge < -0.3 is 9.64 Å². The average Bonchev–Trinajstić information content (AvgIpc) is 2.88. The monoisotopic (exact) mass is 210 g/mol. The third-order valence-corrected chi connectivity index (χ3v) is 2.85. The smallest absolute Gasteiger partial charge is 0.241 e. The third kappa shape index (κ3) is 3.64. The van der Waals surface area contributed by atoms with Crippen LogP contribution in [0.4, 0.5) is 0 Å². The Morgan fingerprint density at radius 3 is 2.87 bits per heavy atom. The molecule has 1 fully saturated rings. The van der Waals surface area contributed by atoms with Crippen molar-refractivity contribution in [3.63, 3.8) is 0 Å². The summed E-state index contributed by atoms with van der Waals surface area (Å²) in [5.74, 6) is 0. The van der Waals surface area contributed by atoms with Crippen LogP contribution in [0.5, 0.6) is 0 Å². The summed E-state index contributed by atoms with van der Waals surface area (Å²) in [7, 11) is 0. The highest BCUT2D eigenvalue weighted by atomic mass is 16.5. The van der Waals surface area contributed by atoms with Crippen LogP contribution in [0.1, 0.15) is 12.8 Å². The molecule has 0 bridgehead atoms. The lowest BCUT2D eigenvalue weighted by Gasteiger charge is -2.13. The highest BCUT2D eigenvalue weighted by Crippen LogP contribution is 2.05. The summed E-state index contributed by atoms with van der Waals surface area (Å²) in [4.78, 5) is 5.49. The Balaban J connectivity index is 1.48. The molecule has 0 aliphatic carbocycles. The van der Waals surface area contributed by atoms with Crippen LogP contribution in [0.2, 0.25) is 0 Å². The van der Waals surface area contributed by atoms with E-state index in [1.807, 2.05) is 18.7 Å². The molecule has 4 nitrogen and oxygen atoms in total. The second kappa shape index (κ2) is 5.88. The number of H-pyrrole nitrogens is 1. The van der Waals surface area contributed by atoms with Crippen molar-refractivity contribution in [2.45, 2.75) is 19.4 Å². The van der Waals surface area contributed by atoms with Gasteiger partial charge in [0.05, 0.1) is 13.2 Å². The fourth-order valence-corrected chi connectivity index (χ4v) is 1.93. The van der Waals surface area contributed by atoms with Crippen molar-refractivity contribution in [3.8, 4) is 0 Å². The lowest BCUT2D eigenvalue weighted by Crippen LogP contribution is -2.34. The van der Waals surface area contributed by atoms with Gasteiger partial charge in [0.15, 0.2) is 0 Å². The van der Waals surface area contributed by atoms with Gasteiger partial charge in [0.2, 0.25) is 6.33 Å². The molecule has 2 heterocycles. The van der Waals surface area contributed by atoms with Crippen LogP contribution in [-0.2, 0) is 11.3 Å². The van der Waals surface area contributed by atoms with Gasteiger partial charge in [-0.3, -0.25) is 4.98 Å². The molecule has 0 spiro atoms. The Hall–Kier alpha value is -0.870. The number of rotatable bonds is 6. The first-order chi connectivity index (χ1) is 7.45. The van der Waals surface area contributed by atoms with Crippen LogP contribution in [0.25, 0.3) is 0 Å². The zero-order chi connectivity index (χ0) is 10.3. The van der Waals surface area contributed by atoms with Gasteiger partial charge in [-0.2, -0.15) is 0 Å². The molecule has 84 valence electrons. The Kier molecular flexibility index (Phi) is 4.17. The predicted molar refractivity (Wildman–Crippen MR) is 57.5 cm³/mol. The van der Waals surface area contributed by atoms with Gasteiger partial charge in [0.1, 0.15) is 18.9 Å². The third-order valence-electron chi connectivity index (χ3n) is 2.85. The van der Waals surface area contributed by atoms with Crippen molar-refractivity contribution in [1.82, 2.24) is 9.88 Å². The first kappa shape index (κ1) is 10.6. The fraction of sp³-hybridized carbons (Fsp3) is 0.727. The number of ether oxygens (including phenoxy) is 1. The molecule has 2 rings (SSSR count). The SMILES string of the molecule is c1c[n+](CCOCCN2CCCC2)c[nH]1. The summed E-state index contributed by atoms with van der Waals surface area (Å²) in [5.41, 5.74) is 0. The van der Waals surface area contributed by atoms with E-state index in [9.17, 15) is 0 Å². The standard InChI is InChI=1S/C11H19N3O/c1-2-5-13(4-1)7-9-15-10-8-14-6-3-12-11-14/h3,6,11H,1-2,4-5,7-10H2/p+1. The van der Waals surface area contributed by atoms with Crippen LogP contribution < -0.4 is 4.57 Å². The molecule has 0 atom stereocenters. The quantitative estimate of drug-likeness (QED) is 0.545. The molecule has 1 N–H and O–H groups in total. The summed E-state index contributed by atoms with van der Waals surface area (Å²) in [6, 6.07) is 0. The van der Waals surface area contributed by atoms with Gasteiger partial charge >= 0.3 is 0 Å². The summed E-state index contributed by atoms with van der Waals surface area (Å²) in [5, 5.41) is 0. The molecule has 1 aromatic rings. The zero-order valence-electron chi connectivity index (χ0n) is 9.19. The zero-order valence-corrected chi connectivity index (χ0v) is 9.19. The molecular formula is C11H20N3O+. The fourth-order valence-electron chi connectivity index (χ4n) is 1.93. The highest BCUT2D eigenvalue weighted by molar-refractivity contribution is 4.64. The van der Waals surface area contributed by atoms with Crippen molar-refractivity contribution in [1.29, 1.82) is 0 Å². The molecule has 1 saturated heterocycles. The molecule has 0 saturated carbocycles. The Morgan fingerprint density at radius 2 is 2.13 bits per heavy atom. The van der Waals surface area contributed by atoms with E-state index in [-0.39, 0.29) is 0 Å². The van der Waals surface area contributed by atoms with Gasteiger partial charge in [-0.1, -0.05) is 0 Å². The van der Waals surface area contributed by atoms with Crippen molar-refractivity contribution in [2.24, 2.45) is 0 Å². The van der Waals surface area contributed by atoms with Crippen LogP contribution in [0.15, 0.2) is 18.7 Å². The molecule has 0 unspecified atom stereocenters. The number of nitrogens with one attached hydrogen (secondary N) is 1. The first-order valence-corrected chi connectivity index (χ1v) is 5.77. The lowest BCUT2D eigenvalue weighted by atomic mass is 10.4. The number of nitrogens with zero attached hydrogens (tertiary/aromatic N) is 2. The predicted octanol–water partition coefficient (Wildman–Crippen LogP) is 0.415.